The van der Waals surface area contributed by atoms with Crippen LogP contribution in [0.1, 0.15) is 56.8 Å². The number of ether oxygens (including phenoxy) is 1. The van der Waals surface area contributed by atoms with Gasteiger partial charge in [0.05, 0.1) is 23.3 Å². The molecule has 0 radical (unpaired) electrons. The van der Waals surface area contributed by atoms with E-state index in [-0.39, 0.29) is 10.5 Å². The molecule has 0 bridgehead atoms. The Hall–Kier alpha value is -1.93. The van der Waals surface area contributed by atoms with Crippen LogP contribution in [0.2, 0.25) is 0 Å². The summed E-state index contributed by atoms with van der Waals surface area (Å²) in [6, 6.07) is 4.45. The topological polar surface area (TPSA) is 96.9 Å². The number of rotatable bonds is 5. The lowest BCUT2D eigenvalue weighted by Gasteiger charge is -2.21. The molecule has 0 aliphatic heterocycles. The van der Waals surface area contributed by atoms with Gasteiger partial charge in [0.2, 0.25) is 10.0 Å². The molecule has 2 rings (SSSR count). The Balaban J connectivity index is 2.40. The molecule has 0 saturated heterocycles. The number of hydrogen-bond donors (Lipinski definition) is 2. The second kappa shape index (κ2) is 7.53. The minimum absolute atomic E-state index is 0.0154. The van der Waals surface area contributed by atoms with Crippen molar-refractivity contribution in [3.05, 3.63) is 23.8 Å². The molecule has 0 unspecified atom stereocenters. The second-order valence-electron chi connectivity index (χ2n) is 7.05. The van der Waals surface area contributed by atoms with Gasteiger partial charge in [0.15, 0.2) is 0 Å². The normalized spacial score (nSPS) is 15.1. The highest BCUT2D eigenvalue weighted by Crippen LogP contribution is 2.24. The predicted molar refractivity (Wildman–Crippen MR) is 97.4 cm³/mol. The van der Waals surface area contributed by atoms with Gasteiger partial charge in [-0.2, -0.15) is 5.10 Å². The van der Waals surface area contributed by atoms with Crippen molar-refractivity contribution in [3.8, 4) is 0 Å². The lowest BCUT2D eigenvalue weighted by molar-refractivity contribution is 0.0596. The van der Waals surface area contributed by atoms with Crippen molar-refractivity contribution in [2.24, 2.45) is 5.10 Å². The lowest BCUT2D eigenvalue weighted by atomic mass is 10.1. The van der Waals surface area contributed by atoms with Crippen LogP contribution in [-0.4, -0.2) is 32.7 Å². The molecule has 0 atom stereocenters. The van der Waals surface area contributed by atoms with Gasteiger partial charge in [0.25, 0.3) is 0 Å². The van der Waals surface area contributed by atoms with E-state index in [0.717, 1.165) is 31.4 Å². The van der Waals surface area contributed by atoms with Gasteiger partial charge in [-0.25, -0.2) is 17.9 Å². The van der Waals surface area contributed by atoms with Crippen molar-refractivity contribution in [2.45, 2.75) is 56.9 Å². The van der Waals surface area contributed by atoms with E-state index in [0.29, 0.717) is 5.69 Å². The van der Waals surface area contributed by atoms with E-state index in [1.807, 2.05) is 0 Å². The minimum atomic E-state index is -3.90. The first-order valence-corrected chi connectivity index (χ1v) is 9.68. The van der Waals surface area contributed by atoms with E-state index in [1.165, 1.54) is 19.2 Å². The summed E-state index contributed by atoms with van der Waals surface area (Å²) in [5.74, 6) is -0.706. The van der Waals surface area contributed by atoms with Gasteiger partial charge >= 0.3 is 5.97 Å². The van der Waals surface area contributed by atoms with Crippen LogP contribution in [-0.2, 0) is 14.8 Å². The average molecular weight is 367 g/mol. The molecule has 0 aromatic heterocycles. The molecular weight excluding hydrogens is 342 g/mol. The van der Waals surface area contributed by atoms with Crippen molar-refractivity contribution in [1.29, 1.82) is 0 Å². The SMILES string of the molecule is COC(=O)c1ccc(NN=C2CCCC2)cc1S(=O)(=O)NC(C)(C)C. The van der Waals surface area contributed by atoms with Crippen LogP contribution in [0.4, 0.5) is 5.69 Å². The fourth-order valence-corrected chi connectivity index (χ4v) is 4.23. The zero-order valence-corrected chi connectivity index (χ0v) is 15.9. The van der Waals surface area contributed by atoms with Crippen molar-refractivity contribution in [1.82, 2.24) is 4.72 Å². The summed E-state index contributed by atoms with van der Waals surface area (Å²) in [6.07, 6.45) is 4.14. The van der Waals surface area contributed by atoms with E-state index in [9.17, 15) is 13.2 Å². The second-order valence-corrected chi connectivity index (χ2v) is 8.71. The molecule has 0 heterocycles. The van der Waals surface area contributed by atoms with Gasteiger partial charge in [-0.1, -0.05) is 0 Å². The van der Waals surface area contributed by atoms with E-state index in [2.05, 4.69) is 15.2 Å². The Morgan fingerprint density at radius 2 is 1.84 bits per heavy atom. The maximum atomic E-state index is 12.7. The third-order valence-electron chi connectivity index (χ3n) is 3.64. The Kier molecular flexibility index (Phi) is 5.84. The average Bonchev–Trinajstić information content (AvgIpc) is 3.03. The highest BCUT2D eigenvalue weighted by atomic mass is 32.2. The van der Waals surface area contributed by atoms with Crippen LogP contribution in [0.15, 0.2) is 28.2 Å². The summed E-state index contributed by atoms with van der Waals surface area (Å²) < 4.78 is 32.7. The molecule has 1 aliphatic carbocycles. The fraction of sp³-hybridized carbons (Fsp3) is 0.529. The lowest BCUT2D eigenvalue weighted by Crippen LogP contribution is -2.41. The van der Waals surface area contributed by atoms with Crippen LogP contribution < -0.4 is 10.1 Å². The van der Waals surface area contributed by atoms with Crippen molar-refractivity contribution >= 4 is 27.4 Å². The Bertz CT molecular complexity index is 772. The van der Waals surface area contributed by atoms with E-state index >= 15 is 0 Å². The highest BCUT2D eigenvalue weighted by molar-refractivity contribution is 7.89. The van der Waals surface area contributed by atoms with Crippen LogP contribution in [0, 0.1) is 0 Å². The molecule has 2 N–H and O–H groups in total. The molecule has 1 aliphatic rings. The third kappa shape index (κ3) is 5.27. The Labute approximate surface area is 148 Å². The number of anilines is 1. The number of esters is 1. The maximum absolute atomic E-state index is 12.7. The zero-order valence-electron chi connectivity index (χ0n) is 15.0. The monoisotopic (exact) mass is 367 g/mol. The van der Waals surface area contributed by atoms with Gasteiger partial charge in [0, 0.05) is 11.3 Å². The molecule has 0 amide bonds. The zero-order chi connectivity index (χ0) is 18.7. The number of carbonyl (C=O) groups excluding carboxylic acids is 1. The molecule has 1 aromatic rings. The predicted octanol–water partition coefficient (Wildman–Crippen LogP) is 2.89. The molecule has 25 heavy (non-hydrogen) atoms. The highest BCUT2D eigenvalue weighted by Gasteiger charge is 2.27. The number of sulfonamides is 1. The van der Waals surface area contributed by atoms with Gasteiger partial charge in [-0.05, 0) is 64.7 Å². The number of hydrazone groups is 1. The van der Waals surface area contributed by atoms with Gasteiger partial charge in [0.1, 0.15) is 0 Å². The smallest absolute Gasteiger partial charge is 0.339 e. The molecule has 138 valence electrons. The fourth-order valence-electron chi connectivity index (χ4n) is 2.59. The van der Waals surface area contributed by atoms with Crippen LogP contribution in [0.25, 0.3) is 0 Å². The standard InChI is InChI=1S/C17H25N3O4S/c1-17(2,3)20-25(22,23)15-11-13(9-10-14(15)16(21)24-4)19-18-12-7-5-6-8-12/h9-11,19-20H,5-8H2,1-4H3. The summed E-state index contributed by atoms with van der Waals surface area (Å²) >= 11 is 0. The molecular formula is C17H25N3O4S. The first-order chi connectivity index (χ1) is 11.6. The first-order valence-electron chi connectivity index (χ1n) is 8.20. The number of nitrogens with zero attached hydrogens (tertiary/aromatic N) is 1. The van der Waals surface area contributed by atoms with E-state index in [4.69, 9.17) is 4.74 Å². The molecule has 8 heteroatoms. The molecule has 0 spiro atoms. The Morgan fingerprint density at radius 1 is 1.20 bits per heavy atom. The van der Waals surface area contributed by atoms with Crippen LogP contribution >= 0.6 is 0 Å². The molecule has 1 saturated carbocycles. The molecule has 7 nitrogen and oxygen atoms in total. The summed E-state index contributed by atoms with van der Waals surface area (Å²) in [7, 11) is -2.69. The molecule has 1 aromatic carbocycles. The number of benzene rings is 1. The Morgan fingerprint density at radius 3 is 2.40 bits per heavy atom. The summed E-state index contributed by atoms with van der Waals surface area (Å²) in [5.41, 5.74) is 3.76. The van der Waals surface area contributed by atoms with Gasteiger partial charge in [-0.15, -0.1) is 0 Å². The largest absolute Gasteiger partial charge is 0.465 e. The van der Waals surface area contributed by atoms with Crippen LogP contribution in [0.3, 0.4) is 0 Å². The quantitative estimate of drug-likeness (QED) is 0.616. The van der Waals surface area contributed by atoms with Crippen molar-refractivity contribution < 1.29 is 17.9 Å². The van der Waals surface area contributed by atoms with Gasteiger partial charge < -0.3 is 4.74 Å². The van der Waals surface area contributed by atoms with E-state index < -0.39 is 21.5 Å². The van der Waals surface area contributed by atoms with E-state index in [1.54, 1.807) is 26.8 Å². The number of carbonyl (C=O) groups is 1. The maximum Gasteiger partial charge on any atom is 0.339 e. The molecule has 1 fully saturated rings. The van der Waals surface area contributed by atoms with Gasteiger partial charge in [-0.3, -0.25) is 5.43 Å². The van der Waals surface area contributed by atoms with Crippen molar-refractivity contribution in [3.63, 3.8) is 0 Å². The number of nitrogens with one attached hydrogen (secondary N) is 2. The van der Waals surface area contributed by atoms with Crippen molar-refractivity contribution in [2.75, 3.05) is 12.5 Å². The number of methoxy groups -OCH3 is 1. The summed E-state index contributed by atoms with van der Waals surface area (Å²) in [5, 5.41) is 4.32. The summed E-state index contributed by atoms with van der Waals surface area (Å²) in [6.45, 7) is 5.20. The third-order valence-corrected chi connectivity index (χ3v) is 5.44. The minimum Gasteiger partial charge on any atom is -0.465 e. The first kappa shape index (κ1) is 19.4. The van der Waals surface area contributed by atoms with Crippen LogP contribution in [0.5, 0.6) is 0 Å². The summed E-state index contributed by atoms with van der Waals surface area (Å²) in [4.78, 5) is 11.8. The number of hydrogen-bond acceptors (Lipinski definition) is 6.